The molecule has 0 spiro atoms. The van der Waals surface area contributed by atoms with Crippen LogP contribution in [0.1, 0.15) is 5.56 Å². The highest BCUT2D eigenvalue weighted by molar-refractivity contribution is 9.10. The average molecular weight is 272 g/mol. The third-order valence-corrected chi connectivity index (χ3v) is 2.34. The summed E-state index contributed by atoms with van der Waals surface area (Å²) in [4.78, 5) is 2.65. The maximum Gasteiger partial charge on any atom is 0.161 e. The normalized spacial score (nSPS) is 9.47. The van der Waals surface area contributed by atoms with E-state index in [4.69, 9.17) is 10.3 Å². The molecule has 0 aliphatic rings. The van der Waals surface area contributed by atoms with Crippen LogP contribution in [0.3, 0.4) is 0 Å². The molecule has 0 aliphatic carbocycles. The van der Waals surface area contributed by atoms with Crippen LogP contribution in [0, 0.1) is 0 Å². The first-order chi connectivity index (χ1) is 7.19. The minimum Gasteiger partial charge on any atom is -0.504 e. The predicted molar refractivity (Wildman–Crippen MR) is 60.1 cm³/mol. The van der Waals surface area contributed by atoms with Gasteiger partial charge in [-0.25, -0.2) is 0 Å². The van der Waals surface area contributed by atoms with Gasteiger partial charge in [-0.15, -0.1) is 0 Å². The van der Waals surface area contributed by atoms with Gasteiger partial charge in [-0.2, -0.15) is 0 Å². The number of nitrogens with zero attached hydrogens (tertiary/aromatic N) is 3. The van der Waals surface area contributed by atoms with Crippen molar-refractivity contribution in [3.63, 3.8) is 0 Å². The zero-order valence-electron chi connectivity index (χ0n) is 8.14. The van der Waals surface area contributed by atoms with Gasteiger partial charge in [0.2, 0.25) is 0 Å². The van der Waals surface area contributed by atoms with Gasteiger partial charge in [-0.05, 0) is 29.6 Å². The van der Waals surface area contributed by atoms with Crippen molar-refractivity contribution in [2.24, 2.45) is 5.11 Å². The number of methoxy groups -OCH3 is 1. The highest BCUT2D eigenvalue weighted by Gasteiger charge is 2.08. The van der Waals surface area contributed by atoms with Crippen LogP contribution in [-0.2, 0) is 6.42 Å². The molecule has 0 aromatic heterocycles. The lowest BCUT2D eigenvalue weighted by atomic mass is 10.1. The van der Waals surface area contributed by atoms with E-state index < -0.39 is 0 Å². The number of benzene rings is 1. The van der Waals surface area contributed by atoms with Gasteiger partial charge in [0.25, 0.3) is 0 Å². The Kier molecular flexibility index (Phi) is 4.27. The molecule has 0 aliphatic heterocycles. The summed E-state index contributed by atoms with van der Waals surface area (Å²) in [7, 11) is 1.48. The Labute approximate surface area is 95.4 Å². The van der Waals surface area contributed by atoms with Gasteiger partial charge in [-0.1, -0.05) is 21.0 Å². The molecule has 0 heterocycles. The third-order valence-electron chi connectivity index (χ3n) is 1.88. The van der Waals surface area contributed by atoms with Crippen molar-refractivity contribution < 1.29 is 9.84 Å². The summed E-state index contributed by atoms with van der Waals surface area (Å²) in [6.45, 7) is 0.309. The second-order valence-electron chi connectivity index (χ2n) is 2.82. The van der Waals surface area contributed by atoms with E-state index in [-0.39, 0.29) is 5.75 Å². The molecule has 1 N–H and O–H groups in total. The smallest absolute Gasteiger partial charge is 0.161 e. The summed E-state index contributed by atoms with van der Waals surface area (Å²) in [5.74, 6) is 0.495. The van der Waals surface area contributed by atoms with E-state index in [2.05, 4.69) is 26.0 Å². The van der Waals surface area contributed by atoms with Gasteiger partial charge in [0.1, 0.15) is 0 Å². The highest BCUT2D eigenvalue weighted by atomic mass is 79.9. The maximum atomic E-state index is 9.73. The van der Waals surface area contributed by atoms with Crippen LogP contribution in [0.2, 0.25) is 0 Å². The van der Waals surface area contributed by atoms with Crippen LogP contribution in [0.25, 0.3) is 10.4 Å². The molecule has 0 amide bonds. The number of hydrogen-bond donors (Lipinski definition) is 1. The first-order valence-electron chi connectivity index (χ1n) is 4.25. The quantitative estimate of drug-likeness (QED) is 0.519. The molecule has 5 nitrogen and oxygen atoms in total. The molecule has 15 heavy (non-hydrogen) atoms. The molecular weight excluding hydrogens is 262 g/mol. The van der Waals surface area contributed by atoms with E-state index in [1.807, 2.05) is 0 Å². The van der Waals surface area contributed by atoms with Gasteiger partial charge in [-0.3, -0.25) is 0 Å². The summed E-state index contributed by atoms with van der Waals surface area (Å²) in [6.07, 6.45) is 0.478. The first kappa shape index (κ1) is 11.7. The van der Waals surface area contributed by atoms with Crippen molar-refractivity contribution in [1.82, 2.24) is 0 Å². The lowest BCUT2D eigenvalue weighted by Crippen LogP contribution is -1.93. The summed E-state index contributed by atoms with van der Waals surface area (Å²) >= 11 is 3.30. The van der Waals surface area contributed by atoms with Crippen LogP contribution in [0.4, 0.5) is 0 Å². The zero-order valence-corrected chi connectivity index (χ0v) is 9.73. The topological polar surface area (TPSA) is 78.2 Å². The monoisotopic (exact) mass is 271 g/mol. The molecule has 0 radical (unpaired) electrons. The van der Waals surface area contributed by atoms with Gasteiger partial charge in [0, 0.05) is 15.9 Å². The lowest BCUT2D eigenvalue weighted by Gasteiger charge is -2.08. The Bertz CT molecular complexity index is 403. The minimum absolute atomic E-state index is 0.0915. The van der Waals surface area contributed by atoms with E-state index in [0.717, 1.165) is 4.47 Å². The van der Waals surface area contributed by atoms with Gasteiger partial charge in [0.05, 0.1) is 7.11 Å². The maximum absolute atomic E-state index is 9.73. The zero-order chi connectivity index (χ0) is 11.3. The average Bonchev–Trinajstić information content (AvgIpc) is 2.23. The van der Waals surface area contributed by atoms with Crippen molar-refractivity contribution >= 4 is 15.9 Å². The van der Waals surface area contributed by atoms with E-state index in [1.165, 1.54) is 7.11 Å². The summed E-state index contributed by atoms with van der Waals surface area (Å²) in [5, 5.41) is 13.1. The van der Waals surface area contributed by atoms with Crippen molar-refractivity contribution in [3.8, 4) is 11.5 Å². The van der Waals surface area contributed by atoms with E-state index in [9.17, 15) is 5.11 Å². The Balaban J connectivity index is 2.95. The number of azide groups is 1. The standard InChI is InChI=1S/C9H10BrN3O2/c1-15-8-5-7(10)4-6(9(8)14)2-3-12-13-11/h4-5,14H,2-3H2,1H3. The van der Waals surface area contributed by atoms with E-state index in [0.29, 0.717) is 24.3 Å². The number of hydrogen-bond acceptors (Lipinski definition) is 3. The van der Waals surface area contributed by atoms with Crippen LogP contribution in [0.15, 0.2) is 21.7 Å². The van der Waals surface area contributed by atoms with Gasteiger partial charge < -0.3 is 9.84 Å². The van der Waals surface area contributed by atoms with Gasteiger partial charge in [0.15, 0.2) is 11.5 Å². The largest absolute Gasteiger partial charge is 0.504 e. The van der Waals surface area contributed by atoms with Crippen molar-refractivity contribution in [2.45, 2.75) is 6.42 Å². The highest BCUT2D eigenvalue weighted by Crippen LogP contribution is 2.33. The summed E-state index contributed by atoms with van der Waals surface area (Å²) in [5.41, 5.74) is 8.82. The third kappa shape index (κ3) is 3.04. The molecule has 1 aromatic carbocycles. The van der Waals surface area contributed by atoms with Crippen LogP contribution >= 0.6 is 15.9 Å². The molecule has 0 unspecified atom stereocenters. The van der Waals surface area contributed by atoms with Crippen molar-refractivity contribution in [3.05, 3.63) is 32.6 Å². The minimum atomic E-state index is 0.0915. The second kappa shape index (κ2) is 5.48. The Hall–Kier alpha value is -1.39. The molecule has 6 heteroatoms. The molecule has 0 bridgehead atoms. The fraction of sp³-hybridized carbons (Fsp3) is 0.333. The van der Waals surface area contributed by atoms with E-state index >= 15 is 0 Å². The molecule has 1 aromatic rings. The Morgan fingerprint density at radius 1 is 1.60 bits per heavy atom. The van der Waals surface area contributed by atoms with Crippen LogP contribution < -0.4 is 4.74 Å². The fourth-order valence-electron chi connectivity index (χ4n) is 1.19. The fourth-order valence-corrected chi connectivity index (χ4v) is 1.67. The SMILES string of the molecule is COc1cc(Br)cc(CCN=[N+]=[N-])c1O. The summed E-state index contributed by atoms with van der Waals surface area (Å²) < 4.78 is 5.80. The predicted octanol–water partition coefficient (Wildman–Crippen LogP) is 3.02. The van der Waals surface area contributed by atoms with Crippen molar-refractivity contribution in [2.75, 3.05) is 13.7 Å². The lowest BCUT2D eigenvalue weighted by molar-refractivity contribution is 0.370. The summed E-state index contributed by atoms with van der Waals surface area (Å²) in [6, 6.07) is 3.44. The Morgan fingerprint density at radius 3 is 2.93 bits per heavy atom. The van der Waals surface area contributed by atoms with Crippen LogP contribution in [-0.4, -0.2) is 18.8 Å². The Morgan fingerprint density at radius 2 is 2.33 bits per heavy atom. The molecule has 0 fully saturated rings. The van der Waals surface area contributed by atoms with Crippen molar-refractivity contribution in [1.29, 1.82) is 0 Å². The number of phenols is 1. The number of aromatic hydroxyl groups is 1. The molecule has 0 saturated carbocycles. The second-order valence-corrected chi connectivity index (χ2v) is 3.74. The molecule has 0 saturated heterocycles. The molecular formula is C9H10BrN3O2. The number of halogens is 1. The molecule has 0 atom stereocenters. The van der Waals surface area contributed by atoms with E-state index in [1.54, 1.807) is 12.1 Å². The van der Waals surface area contributed by atoms with Gasteiger partial charge >= 0.3 is 0 Å². The number of phenolic OH excluding ortho intramolecular Hbond substituents is 1. The molecule has 1 rings (SSSR count). The number of rotatable bonds is 4. The molecule has 80 valence electrons. The van der Waals surface area contributed by atoms with Crippen LogP contribution in [0.5, 0.6) is 11.5 Å². The first-order valence-corrected chi connectivity index (χ1v) is 5.04. The number of ether oxygens (including phenoxy) is 1.